The van der Waals surface area contributed by atoms with Crippen LogP contribution in [0.1, 0.15) is 72.6 Å². The minimum atomic E-state index is 0.124. The van der Waals surface area contributed by atoms with Crippen LogP contribution in [0.25, 0.3) is 0 Å². The molecule has 2 saturated carbocycles. The van der Waals surface area contributed by atoms with Crippen LogP contribution in [0.4, 0.5) is 0 Å². The average Bonchev–Trinajstić information content (AvgIpc) is 3.00. The van der Waals surface area contributed by atoms with Crippen LogP contribution < -0.4 is 5.32 Å². The molecule has 0 bridgehead atoms. The van der Waals surface area contributed by atoms with Crippen molar-refractivity contribution in [3.8, 4) is 0 Å². The summed E-state index contributed by atoms with van der Waals surface area (Å²) in [5.74, 6) is 2.75. The van der Waals surface area contributed by atoms with Gasteiger partial charge in [-0.05, 0) is 75.5 Å². The van der Waals surface area contributed by atoms with E-state index in [1.807, 2.05) is 4.90 Å². The molecule has 3 aliphatic carbocycles. The number of fused-ring (bicyclic) bond motifs is 5. The molecule has 1 N–H and O–H groups in total. The van der Waals surface area contributed by atoms with Gasteiger partial charge in [-0.1, -0.05) is 19.9 Å². The zero-order valence-corrected chi connectivity index (χ0v) is 17.5. The van der Waals surface area contributed by atoms with Gasteiger partial charge in [0.15, 0.2) is 0 Å². The summed E-state index contributed by atoms with van der Waals surface area (Å²) in [5, 5.41) is 3.18. The van der Waals surface area contributed by atoms with E-state index in [2.05, 4.69) is 39.1 Å². The maximum absolute atomic E-state index is 13.2. The number of hydrogen-bond acceptors (Lipinski definition) is 2. The van der Waals surface area contributed by atoms with Gasteiger partial charge in [0.1, 0.15) is 0 Å². The van der Waals surface area contributed by atoms with Crippen molar-refractivity contribution in [2.45, 2.75) is 72.6 Å². The van der Waals surface area contributed by atoms with Crippen LogP contribution in [0.15, 0.2) is 11.8 Å². The number of piperidine rings is 1. The molecular weight excluding hydrogens is 336 g/mol. The Kier molecular flexibility index (Phi) is 4.67. The lowest BCUT2D eigenvalue weighted by Crippen LogP contribution is -2.54. The van der Waals surface area contributed by atoms with E-state index in [0.29, 0.717) is 30.1 Å². The van der Waals surface area contributed by atoms with Crippen molar-refractivity contribution >= 4 is 11.8 Å². The topological polar surface area (TPSA) is 49.4 Å². The molecule has 3 fully saturated rings. The summed E-state index contributed by atoms with van der Waals surface area (Å²) in [7, 11) is 0. The largest absolute Gasteiger partial charge is 0.343 e. The van der Waals surface area contributed by atoms with E-state index in [9.17, 15) is 9.59 Å². The van der Waals surface area contributed by atoms with Crippen molar-refractivity contribution < 1.29 is 9.59 Å². The Labute approximate surface area is 164 Å². The molecule has 1 unspecified atom stereocenters. The number of nitrogens with zero attached hydrogens (tertiary/aromatic N) is 1. The summed E-state index contributed by atoms with van der Waals surface area (Å²) in [5.41, 5.74) is 1.47. The maximum Gasteiger partial charge on any atom is 0.226 e. The third kappa shape index (κ3) is 2.69. The van der Waals surface area contributed by atoms with E-state index in [1.165, 1.54) is 18.5 Å². The molecule has 0 aromatic rings. The first-order valence-electron chi connectivity index (χ1n) is 11.1. The van der Waals surface area contributed by atoms with Crippen molar-refractivity contribution in [3.63, 3.8) is 0 Å². The first-order chi connectivity index (χ1) is 12.8. The maximum atomic E-state index is 13.2. The zero-order chi connectivity index (χ0) is 19.4. The predicted molar refractivity (Wildman–Crippen MR) is 107 cm³/mol. The second-order valence-electron chi connectivity index (χ2n) is 9.88. The minimum Gasteiger partial charge on any atom is -0.343 e. The van der Waals surface area contributed by atoms with E-state index in [4.69, 9.17) is 0 Å². The second kappa shape index (κ2) is 6.63. The SMILES string of the molecule is CCN(CC)C(=O)C1CC[C@H]2[C@@H]3CC=C4NC(=O)CC[C@]4(C)[C@@H]3CC[C@]12C. The van der Waals surface area contributed by atoms with Crippen molar-refractivity contribution in [1.29, 1.82) is 0 Å². The van der Waals surface area contributed by atoms with Gasteiger partial charge in [-0.25, -0.2) is 0 Å². The molecule has 2 amide bonds. The van der Waals surface area contributed by atoms with Gasteiger partial charge in [0.25, 0.3) is 0 Å². The van der Waals surface area contributed by atoms with Crippen LogP contribution in [0, 0.1) is 34.5 Å². The Hall–Kier alpha value is -1.32. The Balaban J connectivity index is 1.61. The first kappa shape index (κ1) is 19.0. The third-order valence-corrected chi connectivity index (χ3v) is 8.98. The molecule has 4 rings (SSSR count). The van der Waals surface area contributed by atoms with Crippen LogP contribution in [0.5, 0.6) is 0 Å². The molecule has 0 aromatic carbocycles. The molecule has 1 heterocycles. The smallest absolute Gasteiger partial charge is 0.226 e. The molecule has 0 radical (unpaired) electrons. The number of carbonyl (C=O) groups excluding carboxylic acids is 2. The Morgan fingerprint density at radius 3 is 2.59 bits per heavy atom. The lowest BCUT2D eigenvalue weighted by Gasteiger charge is -2.57. The summed E-state index contributed by atoms with van der Waals surface area (Å²) in [4.78, 5) is 27.2. The highest BCUT2D eigenvalue weighted by molar-refractivity contribution is 5.80. The van der Waals surface area contributed by atoms with Crippen LogP contribution in [-0.2, 0) is 9.59 Å². The van der Waals surface area contributed by atoms with E-state index in [1.54, 1.807) is 0 Å². The van der Waals surface area contributed by atoms with E-state index in [0.717, 1.165) is 38.8 Å². The zero-order valence-electron chi connectivity index (χ0n) is 17.5. The highest BCUT2D eigenvalue weighted by Gasteiger charge is 2.60. The summed E-state index contributed by atoms with van der Waals surface area (Å²) in [6.07, 6.45) is 9.65. The molecule has 27 heavy (non-hydrogen) atoms. The standard InChI is InChI=1S/C23H36N2O2/c1-5-25(6-2)21(27)18-9-8-16-15-7-10-19-23(4,14-12-20(26)24-19)17(15)11-13-22(16,18)3/h10,15-18H,5-9,11-14H2,1-4H3,(H,24,26)/t15-,16-,17+,18?,22-,23+/m0/s1. The highest BCUT2D eigenvalue weighted by Crippen LogP contribution is 2.65. The quantitative estimate of drug-likeness (QED) is 0.810. The van der Waals surface area contributed by atoms with Gasteiger partial charge in [-0.3, -0.25) is 9.59 Å². The number of allylic oxidation sites excluding steroid dienone is 2. The number of nitrogens with one attached hydrogen (secondary N) is 1. The molecule has 6 atom stereocenters. The third-order valence-electron chi connectivity index (χ3n) is 8.98. The second-order valence-corrected chi connectivity index (χ2v) is 9.88. The minimum absolute atomic E-state index is 0.124. The van der Waals surface area contributed by atoms with Crippen LogP contribution in [0.2, 0.25) is 0 Å². The summed E-state index contributed by atoms with van der Waals surface area (Å²) in [6, 6.07) is 0. The number of amides is 2. The van der Waals surface area contributed by atoms with E-state index >= 15 is 0 Å². The summed E-state index contributed by atoms with van der Waals surface area (Å²) >= 11 is 0. The Morgan fingerprint density at radius 1 is 1.15 bits per heavy atom. The summed E-state index contributed by atoms with van der Waals surface area (Å²) in [6.45, 7) is 10.6. The van der Waals surface area contributed by atoms with Gasteiger partial charge >= 0.3 is 0 Å². The predicted octanol–water partition coefficient (Wildman–Crippen LogP) is 4.12. The molecule has 1 saturated heterocycles. The normalized spacial score (nSPS) is 43.1. The monoisotopic (exact) mass is 372 g/mol. The van der Waals surface area contributed by atoms with Crippen LogP contribution in [0.3, 0.4) is 0 Å². The van der Waals surface area contributed by atoms with Gasteiger partial charge in [0, 0.05) is 36.5 Å². The van der Waals surface area contributed by atoms with Gasteiger partial charge in [0.05, 0.1) is 0 Å². The molecule has 4 heteroatoms. The van der Waals surface area contributed by atoms with Crippen molar-refractivity contribution in [3.05, 3.63) is 11.8 Å². The van der Waals surface area contributed by atoms with Crippen LogP contribution in [-0.4, -0.2) is 29.8 Å². The fourth-order valence-corrected chi connectivity index (χ4v) is 7.36. The van der Waals surface area contributed by atoms with Gasteiger partial charge in [-0.2, -0.15) is 0 Å². The van der Waals surface area contributed by atoms with Gasteiger partial charge in [-0.15, -0.1) is 0 Å². The lowest BCUT2D eigenvalue weighted by molar-refractivity contribution is -0.142. The number of rotatable bonds is 3. The summed E-state index contributed by atoms with van der Waals surface area (Å²) < 4.78 is 0. The van der Waals surface area contributed by atoms with Crippen LogP contribution >= 0.6 is 0 Å². The van der Waals surface area contributed by atoms with Gasteiger partial charge in [0.2, 0.25) is 11.8 Å². The first-order valence-corrected chi connectivity index (χ1v) is 11.1. The van der Waals surface area contributed by atoms with E-state index in [-0.39, 0.29) is 22.7 Å². The molecular formula is C23H36N2O2. The Bertz CT molecular complexity index is 667. The van der Waals surface area contributed by atoms with Crippen molar-refractivity contribution in [2.24, 2.45) is 34.5 Å². The fourth-order valence-electron chi connectivity index (χ4n) is 7.36. The molecule has 0 aromatic heterocycles. The molecule has 1 aliphatic heterocycles. The van der Waals surface area contributed by atoms with Gasteiger partial charge < -0.3 is 10.2 Å². The average molecular weight is 373 g/mol. The molecule has 0 spiro atoms. The molecule has 4 nitrogen and oxygen atoms in total. The number of carbonyl (C=O) groups is 2. The fraction of sp³-hybridized carbons (Fsp3) is 0.826. The number of hydrogen-bond donors (Lipinski definition) is 1. The Morgan fingerprint density at radius 2 is 1.89 bits per heavy atom. The van der Waals surface area contributed by atoms with E-state index < -0.39 is 0 Å². The highest BCUT2D eigenvalue weighted by atomic mass is 16.2. The van der Waals surface area contributed by atoms with Crippen molar-refractivity contribution in [2.75, 3.05) is 13.1 Å². The molecule has 150 valence electrons. The van der Waals surface area contributed by atoms with Crippen molar-refractivity contribution in [1.82, 2.24) is 10.2 Å². The lowest BCUT2D eigenvalue weighted by atomic mass is 9.49. The molecule has 4 aliphatic rings.